The van der Waals surface area contributed by atoms with Gasteiger partial charge in [0.25, 0.3) is 0 Å². The molecule has 2 N–H and O–H groups in total. The highest BCUT2D eigenvalue weighted by Crippen LogP contribution is 2.24. The van der Waals surface area contributed by atoms with Gasteiger partial charge in [-0.1, -0.05) is 26.8 Å². The first-order valence-corrected chi connectivity index (χ1v) is 9.21. The van der Waals surface area contributed by atoms with Gasteiger partial charge in [0.1, 0.15) is 12.0 Å². The van der Waals surface area contributed by atoms with Crippen LogP contribution in [0.3, 0.4) is 0 Å². The number of oxazole rings is 2. The molecule has 0 bridgehead atoms. The molecule has 27 heavy (non-hydrogen) atoms. The fourth-order valence-corrected chi connectivity index (χ4v) is 2.85. The van der Waals surface area contributed by atoms with Crippen LogP contribution < -0.4 is 10.6 Å². The molecule has 3 aromatic heterocycles. The Balaban J connectivity index is 0.00000261. The van der Waals surface area contributed by atoms with Crippen LogP contribution in [0.4, 0.5) is 0 Å². The van der Waals surface area contributed by atoms with Crippen LogP contribution in [0.15, 0.2) is 43.8 Å². The van der Waals surface area contributed by atoms with Crippen molar-refractivity contribution in [2.75, 3.05) is 7.05 Å². The zero-order chi connectivity index (χ0) is 18.6. The maximum Gasteiger partial charge on any atom is 0.236 e. The largest absolute Gasteiger partial charge is 0.443 e. The molecule has 0 saturated carbocycles. The second kappa shape index (κ2) is 9.36. The van der Waals surface area contributed by atoms with Crippen LogP contribution in [0.25, 0.3) is 10.8 Å². The van der Waals surface area contributed by atoms with E-state index in [9.17, 15) is 0 Å². The third kappa shape index (κ3) is 5.80. The molecule has 0 unspecified atom stereocenters. The number of thiophene rings is 1. The predicted octanol–water partition coefficient (Wildman–Crippen LogP) is 4.17. The number of nitrogens with zero attached hydrogens (tertiary/aromatic N) is 3. The van der Waals surface area contributed by atoms with Gasteiger partial charge in [0, 0.05) is 12.5 Å². The first-order valence-electron chi connectivity index (χ1n) is 8.33. The number of aromatic nitrogens is 2. The first kappa shape index (κ1) is 21.4. The number of guanidine groups is 1. The summed E-state index contributed by atoms with van der Waals surface area (Å²) < 4.78 is 11.3. The lowest BCUT2D eigenvalue weighted by Crippen LogP contribution is -2.36. The average Bonchev–Trinajstić information content (AvgIpc) is 3.35. The van der Waals surface area contributed by atoms with Crippen molar-refractivity contribution < 1.29 is 8.83 Å². The van der Waals surface area contributed by atoms with Crippen LogP contribution in [0, 0.1) is 0 Å². The lowest BCUT2D eigenvalue weighted by atomic mass is 9.94. The van der Waals surface area contributed by atoms with Crippen molar-refractivity contribution >= 4 is 41.3 Å². The smallest absolute Gasteiger partial charge is 0.236 e. The highest BCUT2D eigenvalue weighted by molar-refractivity contribution is 14.0. The molecule has 0 atom stereocenters. The normalized spacial score (nSPS) is 11.9. The Bertz CT molecular complexity index is 865. The van der Waals surface area contributed by atoms with Crippen molar-refractivity contribution in [1.82, 2.24) is 20.6 Å². The van der Waals surface area contributed by atoms with E-state index in [2.05, 4.69) is 46.4 Å². The molecule has 0 saturated heterocycles. The predicted molar refractivity (Wildman–Crippen MR) is 117 cm³/mol. The van der Waals surface area contributed by atoms with E-state index in [-0.39, 0.29) is 29.4 Å². The molecule has 3 rings (SSSR count). The Morgan fingerprint density at radius 1 is 1.26 bits per heavy atom. The molecule has 146 valence electrons. The van der Waals surface area contributed by atoms with Crippen molar-refractivity contribution in [3.05, 3.63) is 47.3 Å². The minimum atomic E-state index is -0.0571. The summed E-state index contributed by atoms with van der Waals surface area (Å²) in [5, 5.41) is 8.38. The summed E-state index contributed by atoms with van der Waals surface area (Å²) >= 11 is 1.60. The SMILES string of the molecule is CN=C(NCc1coc(-c2cccs2)n1)NCc1ncc(C(C)(C)C)o1.I. The zero-order valence-corrected chi connectivity index (χ0v) is 18.9. The number of hydrogen-bond acceptors (Lipinski definition) is 6. The van der Waals surface area contributed by atoms with Gasteiger partial charge in [-0.2, -0.15) is 0 Å². The molecule has 0 aliphatic rings. The van der Waals surface area contributed by atoms with Gasteiger partial charge >= 0.3 is 0 Å². The number of nitrogens with one attached hydrogen (secondary N) is 2. The van der Waals surface area contributed by atoms with Gasteiger partial charge in [-0.15, -0.1) is 35.3 Å². The van der Waals surface area contributed by atoms with Gasteiger partial charge in [0.05, 0.1) is 29.9 Å². The van der Waals surface area contributed by atoms with Crippen LogP contribution in [-0.2, 0) is 18.5 Å². The van der Waals surface area contributed by atoms with Crippen LogP contribution in [-0.4, -0.2) is 23.0 Å². The standard InChI is InChI=1S/C18H23N5O2S.HI/c1-18(2,3)14-9-20-15(25-14)10-22-17(19-4)21-8-12-11-24-16(23-12)13-6-5-7-26-13;/h5-7,9,11H,8,10H2,1-4H3,(H2,19,21,22);1H. The zero-order valence-electron chi connectivity index (χ0n) is 15.8. The van der Waals surface area contributed by atoms with Crippen LogP contribution >= 0.6 is 35.3 Å². The number of aliphatic imine (C=N–C) groups is 1. The Morgan fingerprint density at radius 3 is 2.67 bits per heavy atom. The summed E-state index contributed by atoms with van der Waals surface area (Å²) in [6.07, 6.45) is 3.42. The third-order valence-corrected chi connectivity index (χ3v) is 4.50. The first-order chi connectivity index (χ1) is 12.5. The lowest BCUT2D eigenvalue weighted by Gasteiger charge is -2.13. The van der Waals surface area contributed by atoms with E-state index in [1.54, 1.807) is 30.8 Å². The molecule has 9 heteroatoms. The molecule has 0 aliphatic heterocycles. The second-order valence-electron chi connectivity index (χ2n) is 6.77. The third-order valence-electron chi connectivity index (χ3n) is 3.64. The van der Waals surface area contributed by atoms with E-state index in [0.29, 0.717) is 30.8 Å². The molecule has 3 heterocycles. The molecule has 0 spiro atoms. The molecule has 7 nitrogen and oxygen atoms in total. The van der Waals surface area contributed by atoms with E-state index in [4.69, 9.17) is 8.83 Å². The quantitative estimate of drug-likeness (QED) is 0.310. The van der Waals surface area contributed by atoms with Gasteiger partial charge in [0.2, 0.25) is 11.8 Å². The second-order valence-corrected chi connectivity index (χ2v) is 7.72. The maximum absolute atomic E-state index is 5.77. The van der Waals surface area contributed by atoms with Crippen LogP contribution in [0.2, 0.25) is 0 Å². The fourth-order valence-electron chi connectivity index (χ4n) is 2.19. The van der Waals surface area contributed by atoms with Gasteiger partial charge in [-0.3, -0.25) is 4.99 Å². The Morgan fingerprint density at radius 2 is 2.04 bits per heavy atom. The molecule has 0 aromatic carbocycles. The van der Waals surface area contributed by atoms with Gasteiger partial charge < -0.3 is 19.5 Å². The number of halogens is 1. The van der Waals surface area contributed by atoms with Crippen LogP contribution in [0.5, 0.6) is 0 Å². The van der Waals surface area contributed by atoms with E-state index in [0.717, 1.165) is 16.3 Å². The fraction of sp³-hybridized carbons (Fsp3) is 0.389. The van der Waals surface area contributed by atoms with E-state index >= 15 is 0 Å². The summed E-state index contributed by atoms with van der Waals surface area (Å²) in [5.74, 6) is 2.76. The molecular weight excluding hydrogens is 477 g/mol. The highest BCUT2D eigenvalue weighted by Gasteiger charge is 2.19. The lowest BCUT2D eigenvalue weighted by molar-refractivity contribution is 0.379. The Kier molecular flexibility index (Phi) is 7.42. The minimum absolute atomic E-state index is 0. The van der Waals surface area contributed by atoms with Crippen molar-refractivity contribution in [2.45, 2.75) is 39.3 Å². The summed E-state index contributed by atoms with van der Waals surface area (Å²) in [4.78, 5) is 14.0. The molecule has 0 fully saturated rings. The van der Waals surface area contributed by atoms with Gasteiger partial charge in [0.15, 0.2) is 5.96 Å². The monoisotopic (exact) mass is 501 g/mol. The van der Waals surface area contributed by atoms with Gasteiger partial charge in [-0.25, -0.2) is 9.97 Å². The van der Waals surface area contributed by atoms with Crippen molar-refractivity contribution in [2.24, 2.45) is 4.99 Å². The summed E-state index contributed by atoms with van der Waals surface area (Å²) in [7, 11) is 1.71. The summed E-state index contributed by atoms with van der Waals surface area (Å²) in [6.45, 7) is 7.23. The summed E-state index contributed by atoms with van der Waals surface area (Å²) in [6, 6.07) is 3.96. The van der Waals surface area contributed by atoms with E-state index in [1.165, 1.54) is 0 Å². The van der Waals surface area contributed by atoms with Crippen molar-refractivity contribution in [3.63, 3.8) is 0 Å². The molecule has 0 radical (unpaired) electrons. The molecule has 0 aliphatic carbocycles. The van der Waals surface area contributed by atoms with E-state index < -0.39 is 0 Å². The van der Waals surface area contributed by atoms with E-state index in [1.807, 2.05) is 17.5 Å². The molecular formula is C18H24IN5O2S. The minimum Gasteiger partial charge on any atom is -0.443 e. The Hall–Kier alpha value is -1.88. The van der Waals surface area contributed by atoms with Crippen molar-refractivity contribution in [1.29, 1.82) is 0 Å². The topological polar surface area (TPSA) is 88.5 Å². The van der Waals surface area contributed by atoms with Crippen LogP contribution in [0.1, 0.15) is 38.1 Å². The van der Waals surface area contributed by atoms with Crippen molar-refractivity contribution in [3.8, 4) is 10.8 Å². The number of rotatable bonds is 5. The number of hydrogen-bond donors (Lipinski definition) is 2. The van der Waals surface area contributed by atoms with Gasteiger partial charge in [-0.05, 0) is 11.4 Å². The molecule has 0 amide bonds. The average molecular weight is 501 g/mol. The highest BCUT2D eigenvalue weighted by atomic mass is 127. The Labute approximate surface area is 179 Å². The maximum atomic E-state index is 5.77. The molecule has 3 aromatic rings. The summed E-state index contributed by atoms with van der Waals surface area (Å²) in [5.41, 5.74) is 0.751.